The van der Waals surface area contributed by atoms with Crippen LogP contribution in [-0.4, -0.2) is 31.5 Å². The number of carbonyl (C=O) groups excluding carboxylic acids is 1. The molecule has 0 radical (unpaired) electrons. The van der Waals surface area contributed by atoms with Crippen LogP contribution in [-0.2, 0) is 26.1 Å². The van der Waals surface area contributed by atoms with Crippen molar-refractivity contribution in [3.05, 3.63) is 56.5 Å². The molecule has 2 aromatic heterocycles. The van der Waals surface area contributed by atoms with Crippen molar-refractivity contribution in [2.75, 3.05) is 7.11 Å². The van der Waals surface area contributed by atoms with E-state index in [1.54, 1.807) is 0 Å². The third-order valence-electron chi connectivity index (χ3n) is 3.04. The van der Waals surface area contributed by atoms with Gasteiger partial charge >= 0.3 is 5.97 Å². The van der Waals surface area contributed by atoms with Crippen LogP contribution in [0.5, 0.6) is 0 Å². The molecule has 0 spiro atoms. The summed E-state index contributed by atoms with van der Waals surface area (Å²) in [6, 6.07) is 3.01. The molecule has 0 aliphatic heterocycles. The van der Waals surface area contributed by atoms with Crippen LogP contribution in [0.3, 0.4) is 0 Å². The molecule has 10 heteroatoms. The minimum absolute atomic E-state index is 0.0212. The molecular weight excluding hydrogens is 399 g/mol. The number of esters is 1. The molecule has 128 valence electrons. The number of aromatic nitrogens is 2. The van der Waals surface area contributed by atoms with Gasteiger partial charge in [0.05, 0.1) is 28.7 Å². The lowest BCUT2D eigenvalue weighted by molar-refractivity contribution is 0.0593. The zero-order chi connectivity index (χ0) is 17.9. The summed E-state index contributed by atoms with van der Waals surface area (Å²) in [6.07, 6.45) is 2.60. The quantitative estimate of drug-likeness (QED) is 0.556. The van der Waals surface area contributed by atoms with E-state index in [2.05, 4.69) is 14.7 Å². The Kier molecular flexibility index (Phi) is 6.03. The van der Waals surface area contributed by atoms with Crippen LogP contribution in [0.25, 0.3) is 0 Å². The predicted molar refractivity (Wildman–Crippen MR) is 91.2 cm³/mol. The topological polar surface area (TPSA) is 86.2 Å². The first kappa shape index (κ1) is 18.9. The van der Waals surface area contributed by atoms with E-state index >= 15 is 0 Å². The highest BCUT2D eigenvalue weighted by Crippen LogP contribution is 2.31. The molecule has 24 heavy (non-hydrogen) atoms. The number of methoxy groups -OCH3 is 1. The van der Waals surface area contributed by atoms with E-state index < -0.39 is 27.3 Å². The fourth-order valence-corrected chi connectivity index (χ4v) is 4.30. The highest BCUT2D eigenvalue weighted by Gasteiger charge is 2.23. The van der Waals surface area contributed by atoms with E-state index in [-0.39, 0.29) is 32.0 Å². The van der Waals surface area contributed by atoms with Crippen LogP contribution >= 0.6 is 34.8 Å². The number of halogens is 3. The molecule has 0 aromatic carbocycles. The molecule has 0 amide bonds. The summed E-state index contributed by atoms with van der Waals surface area (Å²) >= 11 is 17.7. The van der Waals surface area contributed by atoms with Gasteiger partial charge in [0.25, 0.3) is 0 Å². The Balaban J connectivity index is 2.35. The third kappa shape index (κ3) is 4.36. The van der Waals surface area contributed by atoms with Gasteiger partial charge in [-0.2, -0.15) is 0 Å². The number of sulfone groups is 1. The molecule has 0 saturated carbocycles. The van der Waals surface area contributed by atoms with Crippen molar-refractivity contribution >= 4 is 50.6 Å². The van der Waals surface area contributed by atoms with Crippen LogP contribution in [0.15, 0.2) is 24.5 Å². The average molecular weight is 410 g/mol. The van der Waals surface area contributed by atoms with Crippen LogP contribution in [0, 0.1) is 0 Å². The van der Waals surface area contributed by atoms with Crippen molar-refractivity contribution in [2.24, 2.45) is 0 Å². The Bertz CT molecular complexity index is 888. The van der Waals surface area contributed by atoms with Gasteiger partial charge in [-0.05, 0) is 6.07 Å². The van der Waals surface area contributed by atoms with Gasteiger partial charge in [0, 0.05) is 23.5 Å². The molecular formula is C14H11Cl3N2O4S. The molecule has 0 atom stereocenters. The predicted octanol–water partition coefficient (Wildman–Crippen LogP) is 3.34. The molecule has 2 aromatic rings. The molecule has 6 nitrogen and oxygen atoms in total. The number of rotatable bonds is 5. The molecule has 0 N–H and O–H groups in total. The summed E-state index contributed by atoms with van der Waals surface area (Å²) in [5, 5.41) is 0.0300. The average Bonchev–Trinajstić information content (AvgIpc) is 2.54. The van der Waals surface area contributed by atoms with Gasteiger partial charge in [-0.25, -0.2) is 23.2 Å². The zero-order valence-electron chi connectivity index (χ0n) is 12.3. The summed E-state index contributed by atoms with van der Waals surface area (Å²) in [6.45, 7) is 0. The van der Waals surface area contributed by atoms with Gasteiger partial charge < -0.3 is 4.74 Å². The maximum Gasteiger partial charge on any atom is 0.356 e. The standard InChI is InChI=1S/C14H11Cl3N2O4S/c1-23-14(20)12-8(3-2-4-18-12)6-24(21,22)7-9-10(15)5-19-13(17)11(9)16/h2-5H,6-7H2,1H3. The molecule has 0 unspecified atom stereocenters. The maximum atomic E-state index is 12.5. The van der Waals surface area contributed by atoms with Crippen molar-refractivity contribution in [2.45, 2.75) is 11.5 Å². The summed E-state index contributed by atoms with van der Waals surface area (Å²) in [5.41, 5.74) is 0.312. The van der Waals surface area contributed by atoms with Gasteiger partial charge in [0.2, 0.25) is 0 Å². The Morgan fingerprint density at radius 3 is 2.58 bits per heavy atom. The van der Waals surface area contributed by atoms with Gasteiger partial charge in [-0.15, -0.1) is 0 Å². The molecule has 0 aliphatic carbocycles. The van der Waals surface area contributed by atoms with E-state index in [1.165, 1.54) is 31.6 Å². The molecule has 2 rings (SSSR count). The lowest BCUT2D eigenvalue weighted by Gasteiger charge is -2.10. The highest BCUT2D eigenvalue weighted by atomic mass is 35.5. The third-order valence-corrected chi connectivity index (χ3v) is 5.63. The lowest BCUT2D eigenvalue weighted by atomic mass is 10.2. The van der Waals surface area contributed by atoms with Gasteiger partial charge in [0.1, 0.15) is 5.15 Å². The number of pyridine rings is 2. The smallest absolute Gasteiger partial charge is 0.356 e. The second-order valence-electron chi connectivity index (χ2n) is 4.72. The summed E-state index contributed by atoms with van der Waals surface area (Å²) in [7, 11) is -2.53. The van der Waals surface area contributed by atoms with Crippen molar-refractivity contribution in [1.29, 1.82) is 0 Å². The summed E-state index contributed by atoms with van der Waals surface area (Å²) < 4.78 is 29.6. The van der Waals surface area contributed by atoms with Crippen LogP contribution < -0.4 is 0 Å². The Labute approximate surface area is 153 Å². The van der Waals surface area contributed by atoms with Crippen molar-refractivity contribution in [1.82, 2.24) is 9.97 Å². The Morgan fingerprint density at radius 2 is 1.92 bits per heavy atom. The first-order chi connectivity index (χ1) is 11.2. The number of ether oxygens (including phenoxy) is 1. The van der Waals surface area contributed by atoms with Crippen LogP contribution in [0.2, 0.25) is 15.2 Å². The minimum atomic E-state index is -3.72. The normalized spacial score (nSPS) is 11.3. The lowest BCUT2D eigenvalue weighted by Crippen LogP contribution is -2.14. The monoisotopic (exact) mass is 408 g/mol. The van der Waals surface area contributed by atoms with Crippen molar-refractivity contribution < 1.29 is 17.9 Å². The number of hydrogen-bond donors (Lipinski definition) is 0. The first-order valence-electron chi connectivity index (χ1n) is 6.46. The van der Waals surface area contributed by atoms with Crippen LogP contribution in [0.4, 0.5) is 0 Å². The number of nitrogens with zero attached hydrogens (tertiary/aromatic N) is 2. The molecule has 0 bridgehead atoms. The van der Waals surface area contributed by atoms with E-state index in [0.29, 0.717) is 0 Å². The summed E-state index contributed by atoms with van der Waals surface area (Å²) in [4.78, 5) is 19.3. The fourth-order valence-electron chi connectivity index (χ4n) is 1.95. The second kappa shape index (κ2) is 7.65. The summed E-state index contributed by atoms with van der Waals surface area (Å²) in [5.74, 6) is -1.61. The Morgan fingerprint density at radius 1 is 1.21 bits per heavy atom. The first-order valence-corrected chi connectivity index (χ1v) is 9.41. The van der Waals surface area contributed by atoms with Gasteiger partial charge in [0.15, 0.2) is 15.5 Å². The molecule has 0 saturated heterocycles. The van der Waals surface area contributed by atoms with E-state index in [9.17, 15) is 13.2 Å². The largest absolute Gasteiger partial charge is 0.464 e. The minimum Gasteiger partial charge on any atom is -0.464 e. The van der Waals surface area contributed by atoms with Crippen molar-refractivity contribution in [3.8, 4) is 0 Å². The van der Waals surface area contributed by atoms with Crippen LogP contribution in [0.1, 0.15) is 21.6 Å². The number of hydrogen-bond acceptors (Lipinski definition) is 6. The van der Waals surface area contributed by atoms with Gasteiger partial charge in [-0.3, -0.25) is 0 Å². The SMILES string of the molecule is COC(=O)c1ncccc1CS(=O)(=O)Cc1c(Cl)cnc(Cl)c1Cl. The highest BCUT2D eigenvalue weighted by molar-refractivity contribution is 7.89. The van der Waals surface area contributed by atoms with E-state index in [0.717, 1.165) is 0 Å². The molecule has 0 fully saturated rings. The Hall–Kier alpha value is -1.41. The second-order valence-corrected chi connectivity index (χ2v) is 7.93. The molecule has 2 heterocycles. The van der Waals surface area contributed by atoms with E-state index in [1.807, 2.05) is 0 Å². The maximum absolute atomic E-state index is 12.5. The number of carbonyl (C=O) groups is 1. The zero-order valence-corrected chi connectivity index (χ0v) is 15.4. The van der Waals surface area contributed by atoms with Crippen molar-refractivity contribution in [3.63, 3.8) is 0 Å². The van der Waals surface area contributed by atoms with E-state index in [4.69, 9.17) is 34.8 Å². The van der Waals surface area contributed by atoms with Gasteiger partial charge in [-0.1, -0.05) is 40.9 Å². The molecule has 0 aliphatic rings. The fraction of sp³-hybridized carbons (Fsp3) is 0.214.